The molecule has 0 bridgehead atoms. The molecule has 1 nitrogen and oxygen atoms in total. The molecule has 1 rings (SSSR count). The van der Waals surface area contributed by atoms with Crippen LogP contribution >= 0.6 is 0 Å². The van der Waals surface area contributed by atoms with Gasteiger partial charge in [-0.25, -0.2) is 4.39 Å². The van der Waals surface area contributed by atoms with Gasteiger partial charge < -0.3 is 5.73 Å². The van der Waals surface area contributed by atoms with E-state index >= 15 is 0 Å². The normalized spacial score (nSPS) is 14.1. The van der Waals surface area contributed by atoms with Gasteiger partial charge in [-0.15, -0.1) is 0 Å². The Labute approximate surface area is 97.6 Å². The minimum Gasteiger partial charge on any atom is -0.327 e. The van der Waals surface area contributed by atoms with Crippen molar-refractivity contribution in [1.82, 2.24) is 0 Å². The summed E-state index contributed by atoms with van der Waals surface area (Å²) in [6.07, 6.45) is -4.46. The van der Waals surface area contributed by atoms with Gasteiger partial charge in [0.1, 0.15) is 5.82 Å². The summed E-state index contributed by atoms with van der Waals surface area (Å²) in [6, 6.07) is 2.32. The first kappa shape index (κ1) is 14.0. The second-order valence-corrected chi connectivity index (χ2v) is 4.41. The van der Waals surface area contributed by atoms with Crippen molar-refractivity contribution >= 4 is 0 Å². The van der Waals surface area contributed by atoms with E-state index in [0.717, 1.165) is 12.1 Å². The summed E-state index contributed by atoms with van der Waals surface area (Å²) < 4.78 is 50.9. The molecule has 0 aliphatic heterocycles. The molecule has 96 valence electrons. The highest BCUT2D eigenvalue weighted by Crippen LogP contribution is 2.33. The van der Waals surface area contributed by atoms with E-state index < -0.39 is 17.6 Å². The molecular weight excluding hydrogens is 234 g/mol. The fraction of sp³-hybridized carbons (Fsp3) is 0.500. The van der Waals surface area contributed by atoms with Crippen LogP contribution in [0.2, 0.25) is 0 Å². The predicted octanol–water partition coefficient (Wildman–Crippen LogP) is 3.37. The Hall–Kier alpha value is -1.10. The van der Waals surface area contributed by atoms with E-state index in [1.165, 1.54) is 0 Å². The average Bonchev–Trinajstić information content (AvgIpc) is 2.18. The maximum Gasteiger partial charge on any atom is 0.416 e. The lowest BCUT2D eigenvalue weighted by atomic mass is 9.94. The van der Waals surface area contributed by atoms with E-state index in [0.29, 0.717) is 6.07 Å². The Morgan fingerprint density at radius 2 is 1.82 bits per heavy atom. The van der Waals surface area contributed by atoms with Gasteiger partial charge >= 0.3 is 6.18 Å². The summed E-state index contributed by atoms with van der Waals surface area (Å²) in [6.45, 7) is 3.67. The van der Waals surface area contributed by atoms with Crippen molar-refractivity contribution in [3.05, 3.63) is 35.1 Å². The molecule has 1 atom stereocenters. The number of rotatable bonds is 3. The molecule has 1 aromatic carbocycles. The van der Waals surface area contributed by atoms with E-state index in [1.54, 1.807) is 0 Å². The van der Waals surface area contributed by atoms with E-state index in [2.05, 4.69) is 0 Å². The Bertz CT molecular complexity index is 385. The largest absolute Gasteiger partial charge is 0.416 e. The molecule has 0 aliphatic rings. The summed E-state index contributed by atoms with van der Waals surface area (Å²) in [5.74, 6) is -0.819. The lowest BCUT2D eigenvalue weighted by Crippen LogP contribution is -2.29. The summed E-state index contributed by atoms with van der Waals surface area (Å²) in [5, 5.41) is 0. The van der Waals surface area contributed by atoms with Crippen LogP contribution in [0.4, 0.5) is 17.6 Å². The third-order valence-electron chi connectivity index (χ3n) is 2.69. The van der Waals surface area contributed by atoms with Gasteiger partial charge in [0.2, 0.25) is 0 Å². The summed E-state index contributed by atoms with van der Waals surface area (Å²) in [4.78, 5) is 0. The van der Waals surface area contributed by atoms with Gasteiger partial charge in [0, 0.05) is 6.04 Å². The van der Waals surface area contributed by atoms with Crippen LogP contribution in [0.5, 0.6) is 0 Å². The van der Waals surface area contributed by atoms with Gasteiger partial charge in [0.15, 0.2) is 0 Å². The Morgan fingerprint density at radius 3 is 2.29 bits per heavy atom. The number of alkyl halides is 3. The van der Waals surface area contributed by atoms with Crippen LogP contribution in [-0.2, 0) is 12.6 Å². The maximum absolute atomic E-state index is 12.8. The topological polar surface area (TPSA) is 26.0 Å². The molecule has 0 heterocycles. The SMILES string of the molecule is CC(C)C(N)Cc1ccc(F)cc1C(F)(F)F. The Balaban J connectivity index is 3.07. The van der Waals surface area contributed by atoms with Crippen LogP contribution in [0.1, 0.15) is 25.0 Å². The van der Waals surface area contributed by atoms with Crippen LogP contribution in [0.3, 0.4) is 0 Å². The lowest BCUT2D eigenvalue weighted by Gasteiger charge is -2.19. The Morgan fingerprint density at radius 1 is 1.24 bits per heavy atom. The van der Waals surface area contributed by atoms with Crippen molar-refractivity contribution in [2.24, 2.45) is 11.7 Å². The zero-order valence-corrected chi connectivity index (χ0v) is 9.68. The van der Waals surface area contributed by atoms with Crippen molar-refractivity contribution in [3.63, 3.8) is 0 Å². The molecule has 0 saturated carbocycles. The van der Waals surface area contributed by atoms with Crippen LogP contribution in [0.25, 0.3) is 0 Å². The molecule has 0 fully saturated rings. The van der Waals surface area contributed by atoms with Crippen LogP contribution in [0.15, 0.2) is 18.2 Å². The molecule has 0 radical (unpaired) electrons. The average molecular weight is 249 g/mol. The van der Waals surface area contributed by atoms with Crippen molar-refractivity contribution in [1.29, 1.82) is 0 Å². The van der Waals surface area contributed by atoms with Crippen molar-refractivity contribution < 1.29 is 17.6 Å². The van der Waals surface area contributed by atoms with Crippen LogP contribution in [0, 0.1) is 11.7 Å². The minimum atomic E-state index is -4.55. The first-order valence-electron chi connectivity index (χ1n) is 5.33. The fourth-order valence-electron chi connectivity index (χ4n) is 1.48. The van der Waals surface area contributed by atoms with E-state index in [1.807, 2.05) is 13.8 Å². The number of hydrogen-bond donors (Lipinski definition) is 1. The van der Waals surface area contributed by atoms with E-state index in [4.69, 9.17) is 5.73 Å². The van der Waals surface area contributed by atoms with Gasteiger partial charge in [-0.2, -0.15) is 13.2 Å². The molecular formula is C12H15F4N. The van der Waals surface area contributed by atoms with Gasteiger partial charge in [0.05, 0.1) is 5.56 Å². The third-order valence-corrected chi connectivity index (χ3v) is 2.69. The van der Waals surface area contributed by atoms with Gasteiger partial charge in [-0.05, 0) is 30.0 Å². The predicted molar refractivity (Wildman–Crippen MR) is 57.9 cm³/mol. The number of benzene rings is 1. The second kappa shape index (κ2) is 5.04. The number of halogens is 4. The molecule has 0 aliphatic carbocycles. The molecule has 5 heteroatoms. The molecule has 17 heavy (non-hydrogen) atoms. The Kier molecular flexibility index (Phi) is 4.14. The quantitative estimate of drug-likeness (QED) is 0.816. The van der Waals surface area contributed by atoms with Gasteiger partial charge in [0.25, 0.3) is 0 Å². The molecule has 0 aromatic heterocycles. The standard InChI is InChI=1S/C12H15F4N/c1-7(2)11(17)5-8-3-4-9(13)6-10(8)12(14,15)16/h3-4,6-7,11H,5,17H2,1-2H3. The fourth-order valence-corrected chi connectivity index (χ4v) is 1.48. The van der Waals surface area contributed by atoms with Crippen molar-refractivity contribution in [3.8, 4) is 0 Å². The number of nitrogens with two attached hydrogens (primary N) is 1. The minimum absolute atomic E-state index is 0.0418. The molecule has 0 spiro atoms. The third kappa shape index (κ3) is 3.70. The first-order chi connectivity index (χ1) is 7.71. The molecule has 0 saturated heterocycles. The van der Waals surface area contributed by atoms with Crippen LogP contribution in [-0.4, -0.2) is 6.04 Å². The summed E-state index contributed by atoms with van der Waals surface area (Å²) in [7, 11) is 0. The zero-order valence-electron chi connectivity index (χ0n) is 9.68. The maximum atomic E-state index is 12.8. The zero-order chi connectivity index (χ0) is 13.2. The van der Waals surface area contributed by atoms with Crippen molar-refractivity contribution in [2.75, 3.05) is 0 Å². The molecule has 1 unspecified atom stereocenters. The van der Waals surface area contributed by atoms with E-state index in [9.17, 15) is 17.6 Å². The van der Waals surface area contributed by atoms with E-state index in [-0.39, 0.29) is 23.9 Å². The van der Waals surface area contributed by atoms with Crippen LogP contribution < -0.4 is 5.73 Å². The highest BCUT2D eigenvalue weighted by Gasteiger charge is 2.34. The first-order valence-corrected chi connectivity index (χ1v) is 5.33. The van der Waals surface area contributed by atoms with Gasteiger partial charge in [-0.3, -0.25) is 0 Å². The number of hydrogen-bond acceptors (Lipinski definition) is 1. The molecule has 1 aromatic rings. The summed E-state index contributed by atoms with van der Waals surface area (Å²) in [5.41, 5.74) is 4.84. The monoisotopic (exact) mass is 249 g/mol. The molecule has 2 N–H and O–H groups in total. The second-order valence-electron chi connectivity index (χ2n) is 4.41. The summed E-state index contributed by atoms with van der Waals surface area (Å²) >= 11 is 0. The molecule has 0 amide bonds. The lowest BCUT2D eigenvalue weighted by molar-refractivity contribution is -0.138. The highest BCUT2D eigenvalue weighted by molar-refractivity contribution is 5.31. The highest BCUT2D eigenvalue weighted by atomic mass is 19.4. The van der Waals surface area contributed by atoms with Crippen molar-refractivity contribution in [2.45, 2.75) is 32.5 Å². The van der Waals surface area contributed by atoms with Gasteiger partial charge in [-0.1, -0.05) is 19.9 Å². The smallest absolute Gasteiger partial charge is 0.327 e.